The minimum atomic E-state index is -3.32. The number of carbonyl (C=O) groups excluding carboxylic acids is 5. The van der Waals surface area contributed by atoms with Gasteiger partial charge in [0.1, 0.15) is 207 Å². The van der Waals surface area contributed by atoms with E-state index >= 15 is 0 Å². The Kier molecular flexibility index (Phi) is 37.5. The monoisotopic (exact) mass is 1770 g/mol. The van der Waals surface area contributed by atoms with Gasteiger partial charge in [-0.05, 0) is 0 Å². The molecule has 0 unspecified atom stereocenters. The zero-order valence-electron chi connectivity index (χ0n) is 65.2. The molecule has 45 atom stereocenters. The largest absolute Gasteiger partial charge is 0.477 e. The van der Waals surface area contributed by atoms with Crippen LogP contribution in [-0.2, 0) is 105 Å². The van der Waals surface area contributed by atoms with Crippen LogP contribution in [-0.4, -0.2) is 515 Å². The second-order valence-corrected chi connectivity index (χ2v) is 30.1. The molecule has 0 aromatic heterocycles. The average Bonchev–Trinajstić information content (AvgIpc) is 0.755. The molecular weight excluding hydrogens is 1660 g/mol. The number of rotatable bonds is 37. The third kappa shape index (κ3) is 23.6. The Balaban J connectivity index is 1.08. The molecule has 0 radical (unpaired) electrons. The Hall–Kier alpha value is -4.86. The first-order valence-corrected chi connectivity index (χ1v) is 38.2. The molecule has 54 heteroatoms. The van der Waals surface area contributed by atoms with Crippen LogP contribution in [0.4, 0.5) is 0 Å². The van der Waals surface area contributed by atoms with Crippen molar-refractivity contribution < 1.29 is 242 Å². The normalized spacial score (nSPS) is 43.9. The summed E-state index contributed by atoms with van der Waals surface area (Å²) in [6, 6.07) is -9.48. The van der Waals surface area contributed by atoms with Crippen LogP contribution >= 0.6 is 0 Å². The highest BCUT2D eigenvalue weighted by molar-refractivity contribution is 5.77. The van der Waals surface area contributed by atoms with Gasteiger partial charge in [0.2, 0.25) is 29.5 Å². The van der Waals surface area contributed by atoms with Gasteiger partial charge in [0.05, 0.1) is 84.3 Å². The van der Waals surface area contributed by atoms with Crippen LogP contribution in [0, 0.1) is 0 Å². The molecule has 8 aliphatic rings. The molecule has 0 bridgehead atoms. The zero-order valence-corrected chi connectivity index (χ0v) is 65.2. The molecule has 0 saturated carbocycles. The van der Waals surface area contributed by atoms with Gasteiger partial charge in [0.15, 0.2) is 44.0 Å². The molecule has 8 aliphatic heterocycles. The van der Waals surface area contributed by atoms with E-state index in [1.165, 1.54) is 0 Å². The van der Waals surface area contributed by atoms with Crippen LogP contribution in [0.25, 0.3) is 0 Å². The van der Waals surface area contributed by atoms with Crippen molar-refractivity contribution in [3.05, 3.63) is 0 Å². The highest BCUT2D eigenvalue weighted by atomic mass is 16.8. The van der Waals surface area contributed by atoms with Crippen LogP contribution in [0.3, 0.4) is 0 Å². The molecule has 8 rings (SSSR count). The van der Waals surface area contributed by atoms with Gasteiger partial charge in [-0.25, -0.2) is 4.79 Å². The van der Waals surface area contributed by atoms with E-state index in [2.05, 4.69) is 26.6 Å². The van der Waals surface area contributed by atoms with Crippen molar-refractivity contribution in [2.75, 3.05) is 66.1 Å². The van der Waals surface area contributed by atoms with Crippen molar-refractivity contribution >= 4 is 35.5 Å². The van der Waals surface area contributed by atoms with E-state index < -0.39 is 383 Å². The minimum Gasteiger partial charge on any atom is -0.477 e. The van der Waals surface area contributed by atoms with Gasteiger partial charge in [-0.3, -0.25) is 24.0 Å². The molecule has 32 N–H and O–H groups in total. The number of amides is 5. The molecule has 8 heterocycles. The third-order valence-electron chi connectivity index (χ3n) is 21.4. The average molecular weight is 1770 g/mol. The van der Waals surface area contributed by atoms with Crippen molar-refractivity contribution in [2.45, 2.75) is 316 Å². The molecular formula is C67H113N5O49. The number of hydrogen-bond donors (Lipinski definition) is 32. The summed E-state index contributed by atoms with van der Waals surface area (Å²) < 4.78 is 93.7. The number of carboxylic acid groups (broad SMARTS) is 1. The minimum absolute atomic E-state index is 0.885. The number of aliphatic carboxylic acids is 1. The van der Waals surface area contributed by atoms with Crippen molar-refractivity contribution in [3.63, 3.8) is 0 Å². The Morgan fingerprint density at radius 2 is 0.769 bits per heavy atom. The molecule has 0 aromatic carbocycles. The number of aliphatic hydroxyl groups excluding tert-OH is 26. The van der Waals surface area contributed by atoms with E-state index in [1.54, 1.807) is 0 Å². The quantitative estimate of drug-likeness (QED) is 0.0275. The smallest absolute Gasteiger partial charge is 0.364 e. The van der Waals surface area contributed by atoms with Crippen molar-refractivity contribution in [1.29, 1.82) is 0 Å². The van der Waals surface area contributed by atoms with Crippen LogP contribution < -0.4 is 26.6 Å². The van der Waals surface area contributed by atoms with E-state index in [-0.39, 0.29) is 0 Å². The maximum Gasteiger partial charge on any atom is 0.364 e. The fourth-order valence-electron chi connectivity index (χ4n) is 15.1. The summed E-state index contributed by atoms with van der Waals surface area (Å²) in [5, 5.41) is 310. The van der Waals surface area contributed by atoms with Crippen molar-refractivity contribution in [3.8, 4) is 0 Å². The second kappa shape index (κ2) is 44.7. The van der Waals surface area contributed by atoms with Gasteiger partial charge >= 0.3 is 5.97 Å². The highest BCUT2D eigenvalue weighted by Gasteiger charge is 2.63. The zero-order chi connectivity index (χ0) is 90.0. The molecule has 8 saturated heterocycles. The third-order valence-corrected chi connectivity index (χ3v) is 21.4. The van der Waals surface area contributed by atoms with E-state index in [9.17, 15) is 167 Å². The van der Waals surface area contributed by atoms with E-state index in [0.29, 0.717) is 0 Å². The van der Waals surface area contributed by atoms with E-state index in [0.717, 1.165) is 34.6 Å². The van der Waals surface area contributed by atoms with Gasteiger partial charge < -0.3 is 240 Å². The van der Waals surface area contributed by atoms with Crippen LogP contribution in [0.1, 0.15) is 41.0 Å². The van der Waals surface area contributed by atoms with Crippen molar-refractivity contribution in [2.24, 2.45) is 0 Å². The summed E-state index contributed by atoms with van der Waals surface area (Å²) in [5.41, 5.74) is 0. The van der Waals surface area contributed by atoms with Gasteiger partial charge in [0, 0.05) is 41.0 Å². The first-order valence-electron chi connectivity index (χ1n) is 38.2. The summed E-state index contributed by atoms with van der Waals surface area (Å²) >= 11 is 0. The van der Waals surface area contributed by atoms with Crippen LogP contribution in [0.15, 0.2) is 0 Å². The fourth-order valence-corrected chi connectivity index (χ4v) is 15.1. The summed E-state index contributed by atoms with van der Waals surface area (Å²) in [7, 11) is 0. The second-order valence-electron chi connectivity index (χ2n) is 30.1. The molecule has 121 heavy (non-hydrogen) atoms. The Morgan fingerprint density at radius 3 is 1.22 bits per heavy atom. The molecule has 0 spiro atoms. The Labute approximate surface area is 685 Å². The molecule has 0 aliphatic carbocycles. The first kappa shape index (κ1) is 102. The highest BCUT2D eigenvalue weighted by Crippen LogP contribution is 2.41. The standard InChI is InChI=1S/C67H113N5O49/c1-17(81)68-22(7-73)52(115-65-51(103)58(42(94)29(12-78)111-65)121-67(66(104)105)6-23(86)33(69-18(2)82)56(120-67)37(89)24(87)8-74)38(90)25(88)15-106-59-34(70-19(3)83)44(96)54(31(14-80)112-59)117-64-50(102)57(119-61-36(72-21(5)85)55(41(93)28(11-77)108-61)118-63-49(101)47(99)40(92)27(10-76)110-63)43(95)32(114-64)16-107-60-35(71-20(4)84)45(97)53(30(13-79)113-60)116-62-48(100)46(98)39(91)26(9-75)109-62/h22-65,73-80,86-103H,6-16H2,1-5H3,(H,68,81)(H,69,82)(H,70,83)(H,71,84)(H,72,85)(H,104,105)/t22-,23-,24+,25+,26+,27+,28+,29+,30+,31+,32+,33+,34+,35+,36+,37+,38-,39-,40-,41+,42-,43-,44+,45+,46-,47-,48+,49+,50+,51+,52+,53+,54+,55+,56+,57-,58-,59+,60+,61-,62-,63-,64-,65-,67-/m0/s1. The fraction of sp³-hybridized carbons (Fsp3) is 0.910. The van der Waals surface area contributed by atoms with Gasteiger partial charge in [-0.15, -0.1) is 0 Å². The number of ether oxygens (including phenoxy) is 16. The number of hydrogen-bond acceptors (Lipinski definition) is 48. The van der Waals surface area contributed by atoms with Gasteiger partial charge in [0.25, 0.3) is 5.79 Å². The summed E-state index contributed by atoms with van der Waals surface area (Å²) in [6.07, 6.45) is -85.2. The van der Waals surface area contributed by atoms with E-state index in [1.807, 2.05) is 0 Å². The van der Waals surface area contributed by atoms with Gasteiger partial charge in [-0.1, -0.05) is 0 Å². The predicted molar refractivity (Wildman–Crippen MR) is 374 cm³/mol. The lowest BCUT2D eigenvalue weighted by Gasteiger charge is -2.50. The predicted octanol–water partition coefficient (Wildman–Crippen LogP) is -21.1. The lowest BCUT2D eigenvalue weighted by Crippen LogP contribution is -2.70. The summed E-state index contributed by atoms with van der Waals surface area (Å²) in [5.74, 6) is -10.3. The molecule has 8 fully saturated rings. The number of carboxylic acids is 1. The molecule has 5 amide bonds. The first-order chi connectivity index (χ1) is 57.0. The topological polar surface area (TPSA) is 856 Å². The van der Waals surface area contributed by atoms with Crippen molar-refractivity contribution in [1.82, 2.24) is 26.6 Å². The van der Waals surface area contributed by atoms with Crippen LogP contribution in [0.2, 0.25) is 0 Å². The van der Waals surface area contributed by atoms with Crippen LogP contribution in [0.5, 0.6) is 0 Å². The maximum absolute atomic E-state index is 13.2. The lowest BCUT2D eigenvalue weighted by molar-refractivity contribution is -0.381. The maximum atomic E-state index is 13.2. The lowest BCUT2D eigenvalue weighted by atomic mass is 9.88. The number of carbonyl (C=O) groups is 6. The molecule has 700 valence electrons. The summed E-state index contributed by atoms with van der Waals surface area (Å²) in [4.78, 5) is 77.2. The molecule has 54 nitrogen and oxygen atoms in total. The molecule has 0 aromatic rings. The Morgan fingerprint density at radius 1 is 0.380 bits per heavy atom. The number of aliphatic hydroxyl groups is 26. The summed E-state index contributed by atoms with van der Waals surface area (Å²) in [6.45, 7) is -6.95. The SMILES string of the molecule is CC(=O)N[C@H]1[C@H](OC[C@H]2O[C@@H](O[C@H]3[C@H](O)[C@@H](NC(C)=O)[C@H](OC[C@@H](O)[C@H](O)[C@H](O[C@@H]4O[C@H](CO)[C@H](O)[C@H](O[C@]5(C(=O)O)C[C@H](O)[C@@H](NC(C)=O)[C@H]([C@H](O)[C@H](O)CO)O5)[C@H]4O)[C@H](CO)NC(C)=O)O[C@@H]3CO)[C@H](O)[C@@H](O[C@@H]3O[C@H](CO)[C@@H](O)[C@H](O[C@@H]4O[C@H](CO)[C@H](O)[C@H](O)[C@H]4O)[C@H]3NC(C)=O)[C@H]2O)O[C@H](CO)[C@@H](O[C@@H]2O[C@H](CO)[C@H](O)[C@H](O)[C@H]2O)[C@@H]1O. The van der Waals surface area contributed by atoms with E-state index in [4.69, 9.17) is 75.8 Å². The Bertz CT molecular complexity index is 3280. The number of nitrogens with one attached hydrogen (secondary N) is 5. The van der Waals surface area contributed by atoms with Gasteiger partial charge in [-0.2, -0.15) is 0 Å².